The molecule has 0 spiro atoms. The summed E-state index contributed by atoms with van der Waals surface area (Å²) in [4.78, 5) is 2.35. The van der Waals surface area contributed by atoms with Gasteiger partial charge < -0.3 is 10.4 Å². The van der Waals surface area contributed by atoms with Crippen LogP contribution in [0.4, 0.5) is 0 Å². The number of rotatable bonds is 3. The molecule has 0 aromatic heterocycles. The van der Waals surface area contributed by atoms with Gasteiger partial charge in [0.05, 0.1) is 5.60 Å². The van der Waals surface area contributed by atoms with E-state index in [0.717, 1.165) is 26.2 Å². The Kier molecular flexibility index (Phi) is 3.93. The molecule has 0 amide bonds. The predicted octanol–water partition coefficient (Wildman–Crippen LogP) is 0.687. The molecule has 3 nitrogen and oxygen atoms in total. The quantitative estimate of drug-likeness (QED) is 0.703. The van der Waals surface area contributed by atoms with E-state index < -0.39 is 5.60 Å². The fraction of sp³-hybridized carbons (Fsp3) is 1.00. The molecule has 2 N–H and O–H groups in total. The van der Waals surface area contributed by atoms with E-state index in [-0.39, 0.29) is 0 Å². The zero-order valence-corrected chi connectivity index (χ0v) is 9.88. The molecule has 84 valence electrons. The average Bonchev–Trinajstić information content (AvgIpc) is 2.02. The zero-order chi connectivity index (χ0) is 10.8. The molecule has 0 aromatic carbocycles. The minimum atomic E-state index is -0.558. The van der Waals surface area contributed by atoms with Crippen LogP contribution in [0.15, 0.2) is 0 Å². The van der Waals surface area contributed by atoms with Gasteiger partial charge in [-0.3, -0.25) is 4.90 Å². The Bertz CT molecular complexity index is 180. The molecule has 14 heavy (non-hydrogen) atoms. The van der Waals surface area contributed by atoms with Crippen LogP contribution in [0, 0.1) is 5.92 Å². The summed E-state index contributed by atoms with van der Waals surface area (Å²) in [7, 11) is 0. The van der Waals surface area contributed by atoms with Gasteiger partial charge in [0, 0.05) is 32.2 Å². The van der Waals surface area contributed by atoms with Gasteiger partial charge in [0.1, 0.15) is 0 Å². The summed E-state index contributed by atoms with van der Waals surface area (Å²) in [5.74, 6) is 0.313. The first-order valence-electron chi connectivity index (χ1n) is 5.60. The number of aliphatic hydroxyl groups is 1. The van der Waals surface area contributed by atoms with Crippen LogP contribution in [0.3, 0.4) is 0 Å². The summed E-state index contributed by atoms with van der Waals surface area (Å²) in [6.07, 6.45) is 0. The second-order valence-corrected chi connectivity index (χ2v) is 5.10. The second-order valence-electron chi connectivity index (χ2n) is 5.10. The minimum Gasteiger partial charge on any atom is -0.389 e. The van der Waals surface area contributed by atoms with E-state index in [1.54, 1.807) is 0 Å². The van der Waals surface area contributed by atoms with E-state index in [1.165, 1.54) is 0 Å². The van der Waals surface area contributed by atoms with E-state index >= 15 is 0 Å². The van der Waals surface area contributed by atoms with Crippen molar-refractivity contribution < 1.29 is 5.11 Å². The highest BCUT2D eigenvalue weighted by atomic mass is 16.3. The number of hydrogen-bond acceptors (Lipinski definition) is 3. The molecule has 0 bridgehead atoms. The number of piperazine rings is 1. The third-order valence-electron chi connectivity index (χ3n) is 3.24. The van der Waals surface area contributed by atoms with Crippen LogP contribution in [0.5, 0.6) is 0 Å². The lowest BCUT2D eigenvalue weighted by atomic mass is 9.91. The molecule has 3 heteroatoms. The summed E-state index contributed by atoms with van der Waals surface area (Å²) in [6.45, 7) is 12.2. The monoisotopic (exact) mass is 200 g/mol. The fourth-order valence-electron chi connectivity index (χ4n) is 1.79. The molecule has 0 radical (unpaired) electrons. The Morgan fingerprint density at radius 3 is 2.71 bits per heavy atom. The molecule has 0 saturated carbocycles. The lowest BCUT2D eigenvalue weighted by Crippen LogP contribution is -2.54. The van der Waals surface area contributed by atoms with E-state index in [4.69, 9.17) is 0 Å². The number of nitrogens with one attached hydrogen (secondary N) is 1. The highest BCUT2D eigenvalue weighted by molar-refractivity contribution is 4.84. The third-order valence-corrected chi connectivity index (χ3v) is 3.24. The van der Waals surface area contributed by atoms with Gasteiger partial charge in [0.25, 0.3) is 0 Å². The predicted molar refractivity (Wildman–Crippen MR) is 59.4 cm³/mol. The first kappa shape index (κ1) is 12.0. The molecule has 1 aliphatic rings. The maximum atomic E-state index is 10.2. The molecule has 1 aliphatic heterocycles. The third kappa shape index (κ3) is 3.23. The number of hydrogen-bond donors (Lipinski definition) is 2. The largest absolute Gasteiger partial charge is 0.389 e. The minimum absolute atomic E-state index is 0.313. The smallest absolute Gasteiger partial charge is 0.0768 e. The highest BCUT2D eigenvalue weighted by Crippen LogP contribution is 2.18. The summed E-state index contributed by atoms with van der Waals surface area (Å²) in [6, 6.07) is 0.548. The second kappa shape index (κ2) is 4.60. The van der Waals surface area contributed by atoms with Gasteiger partial charge in [-0.15, -0.1) is 0 Å². The lowest BCUT2D eigenvalue weighted by molar-refractivity contribution is -0.0238. The van der Waals surface area contributed by atoms with Crippen LogP contribution in [-0.4, -0.2) is 47.8 Å². The summed E-state index contributed by atoms with van der Waals surface area (Å²) in [5.41, 5.74) is -0.558. The van der Waals surface area contributed by atoms with E-state index in [0.29, 0.717) is 12.0 Å². The Hall–Kier alpha value is -0.120. The topological polar surface area (TPSA) is 35.5 Å². The Balaban J connectivity index is 2.43. The molecule has 1 rings (SSSR count). The van der Waals surface area contributed by atoms with Crippen molar-refractivity contribution in [3.63, 3.8) is 0 Å². The normalized spacial score (nSPS) is 29.1. The van der Waals surface area contributed by atoms with Gasteiger partial charge in [-0.25, -0.2) is 0 Å². The Morgan fingerprint density at radius 1 is 1.57 bits per heavy atom. The van der Waals surface area contributed by atoms with Crippen LogP contribution < -0.4 is 5.32 Å². The SMILES string of the molecule is CC(C)C(C)(O)CN1CCN[C@@H](C)C1. The van der Waals surface area contributed by atoms with Gasteiger partial charge in [-0.2, -0.15) is 0 Å². The molecule has 1 heterocycles. The van der Waals surface area contributed by atoms with Crippen molar-refractivity contribution in [3.8, 4) is 0 Å². The van der Waals surface area contributed by atoms with Gasteiger partial charge in [0.2, 0.25) is 0 Å². The van der Waals surface area contributed by atoms with Crippen LogP contribution in [-0.2, 0) is 0 Å². The van der Waals surface area contributed by atoms with E-state index in [2.05, 4.69) is 31.0 Å². The Labute approximate surface area is 87.5 Å². The maximum Gasteiger partial charge on any atom is 0.0768 e. The first-order valence-corrected chi connectivity index (χ1v) is 5.60. The Morgan fingerprint density at radius 2 is 2.21 bits per heavy atom. The van der Waals surface area contributed by atoms with Gasteiger partial charge >= 0.3 is 0 Å². The number of β-amino-alcohol motifs (C(OH)–C–C–N with tert-alkyl or cyclic N) is 1. The fourth-order valence-corrected chi connectivity index (χ4v) is 1.79. The lowest BCUT2D eigenvalue weighted by Gasteiger charge is -2.38. The molecule has 1 saturated heterocycles. The summed E-state index contributed by atoms with van der Waals surface area (Å²) >= 11 is 0. The van der Waals surface area contributed by atoms with Crippen LogP contribution >= 0.6 is 0 Å². The summed E-state index contributed by atoms with van der Waals surface area (Å²) in [5, 5.41) is 13.6. The van der Waals surface area contributed by atoms with Crippen LogP contribution in [0.25, 0.3) is 0 Å². The zero-order valence-electron chi connectivity index (χ0n) is 9.88. The van der Waals surface area contributed by atoms with Gasteiger partial charge in [-0.1, -0.05) is 13.8 Å². The first-order chi connectivity index (χ1) is 6.42. The molecule has 1 fully saturated rings. The van der Waals surface area contributed by atoms with Crippen molar-refractivity contribution in [2.45, 2.75) is 39.3 Å². The van der Waals surface area contributed by atoms with Crippen molar-refractivity contribution >= 4 is 0 Å². The molecule has 0 aromatic rings. The van der Waals surface area contributed by atoms with Gasteiger partial charge in [0.15, 0.2) is 0 Å². The van der Waals surface area contributed by atoms with Crippen molar-refractivity contribution in [1.29, 1.82) is 0 Å². The highest BCUT2D eigenvalue weighted by Gasteiger charge is 2.29. The molecule has 2 atom stereocenters. The molecular weight excluding hydrogens is 176 g/mol. The van der Waals surface area contributed by atoms with Crippen LogP contribution in [0.2, 0.25) is 0 Å². The van der Waals surface area contributed by atoms with Crippen LogP contribution in [0.1, 0.15) is 27.7 Å². The summed E-state index contributed by atoms with van der Waals surface area (Å²) < 4.78 is 0. The van der Waals surface area contributed by atoms with Crippen molar-refractivity contribution in [2.24, 2.45) is 5.92 Å². The molecule has 1 unspecified atom stereocenters. The van der Waals surface area contributed by atoms with Crippen molar-refractivity contribution in [1.82, 2.24) is 10.2 Å². The number of nitrogens with zero attached hydrogens (tertiary/aromatic N) is 1. The average molecular weight is 200 g/mol. The van der Waals surface area contributed by atoms with E-state index in [1.807, 2.05) is 6.92 Å². The molecule has 0 aliphatic carbocycles. The standard InChI is InChI=1S/C11H24N2O/c1-9(2)11(4,14)8-13-6-5-12-10(3)7-13/h9-10,12,14H,5-8H2,1-4H3/t10-,11?/m0/s1. The maximum absolute atomic E-state index is 10.2. The van der Waals surface area contributed by atoms with Gasteiger partial charge in [-0.05, 0) is 19.8 Å². The van der Waals surface area contributed by atoms with Crippen molar-refractivity contribution in [2.75, 3.05) is 26.2 Å². The van der Waals surface area contributed by atoms with E-state index in [9.17, 15) is 5.11 Å². The molecular formula is C11H24N2O. The van der Waals surface area contributed by atoms with Crippen molar-refractivity contribution in [3.05, 3.63) is 0 Å².